The van der Waals surface area contributed by atoms with Crippen LogP contribution in [0.25, 0.3) is 0 Å². The van der Waals surface area contributed by atoms with Crippen molar-refractivity contribution in [3.8, 4) is 0 Å². The van der Waals surface area contributed by atoms with Crippen LogP contribution < -0.4 is 5.73 Å². The van der Waals surface area contributed by atoms with Gasteiger partial charge in [-0.3, -0.25) is 4.79 Å². The highest BCUT2D eigenvalue weighted by molar-refractivity contribution is 7.99. The molecule has 108 valence electrons. The van der Waals surface area contributed by atoms with Crippen molar-refractivity contribution in [2.75, 3.05) is 11.5 Å². The molecular weight excluding hydrogens is 250 g/mol. The number of aliphatic carboxylic acids is 1. The predicted octanol–water partition coefficient (Wildman–Crippen LogP) is 2.55. The van der Waals surface area contributed by atoms with Crippen molar-refractivity contribution in [2.24, 2.45) is 11.7 Å². The first-order valence-corrected chi connectivity index (χ1v) is 7.56. The molecule has 4 nitrogen and oxygen atoms in total. The molecule has 0 rings (SSSR count). The van der Waals surface area contributed by atoms with Crippen molar-refractivity contribution < 1.29 is 14.7 Å². The summed E-state index contributed by atoms with van der Waals surface area (Å²) in [6, 6.07) is -0.681. The second-order valence-corrected chi connectivity index (χ2v) is 5.74. The molecule has 0 amide bonds. The average molecular weight is 277 g/mol. The maximum atomic E-state index is 10.4. The third kappa shape index (κ3) is 15.4. The Balaban J connectivity index is 0. The molecule has 0 aromatic carbocycles. The van der Waals surface area contributed by atoms with Gasteiger partial charge in [0.15, 0.2) is 0 Å². The van der Waals surface area contributed by atoms with E-state index >= 15 is 0 Å². The molecule has 0 aromatic rings. The van der Waals surface area contributed by atoms with Gasteiger partial charge in [0.05, 0.1) is 0 Å². The molecule has 0 aliphatic rings. The Morgan fingerprint density at radius 2 is 1.89 bits per heavy atom. The Hall–Kier alpha value is -0.550. The number of hydrogen-bond donors (Lipinski definition) is 2. The van der Waals surface area contributed by atoms with Crippen molar-refractivity contribution in [3.63, 3.8) is 0 Å². The number of carboxylic acids is 1. The molecule has 18 heavy (non-hydrogen) atoms. The van der Waals surface area contributed by atoms with Crippen LogP contribution in [0, 0.1) is 5.92 Å². The molecule has 2 atom stereocenters. The second-order valence-electron chi connectivity index (χ2n) is 4.35. The highest BCUT2D eigenvalue weighted by Gasteiger charge is 2.09. The smallest absolute Gasteiger partial charge is 0.320 e. The zero-order valence-corrected chi connectivity index (χ0v) is 12.8. The lowest BCUT2D eigenvalue weighted by Crippen LogP contribution is -2.30. The molecule has 0 bridgehead atoms. The van der Waals surface area contributed by atoms with E-state index in [9.17, 15) is 9.59 Å². The maximum Gasteiger partial charge on any atom is 0.320 e. The molecule has 3 N–H and O–H groups in total. The lowest BCUT2D eigenvalue weighted by molar-refractivity contribution is -0.138. The molecule has 0 radical (unpaired) electrons. The topological polar surface area (TPSA) is 80.4 Å². The van der Waals surface area contributed by atoms with Crippen LogP contribution in [0.4, 0.5) is 0 Å². The Labute approximate surface area is 115 Å². The van der Waals surface area contributed by atoms with Crippen molar-refractivity contribution in [1.29, 1.82) is 0 Å². The summed E-state index contributed by atoms with van der Waals surface area (Å²) in [6.45, 7) is 7.89. The van der Waals surface area contributed by atoms with Gasteiger partial charge in [-0.25, -0.2) is 0 Å². The second kappa shape index (κ2) is 12.9. The van der Waals surface area contributed by atoms with E-state index in [0.29, 0.717) is 18.1 Å². The van der Waals surface area contributed by atoms with Gasteiger partial charge in [0.2, 0.25) is 0 Å². The molecule has 0 aliphatic carbocycles. The number of ketones is 1. The fourth-order valence-corrected chi connectivity index (χ4v) is 1.82. The van der Waals surface area contributed by atoms with Gasteiger partial charge < -0.3 is 15.6 Å². The largest absolute Gasteiger partial charge is 0.480 e. The van der Waals surface area contributed by atoms with E-state index in [-0.39, 0.29) is 0 Å². The normalized spacial score (nSPS) is 13.2. The summed E-state index contributed by atoms with van der Waals surface area (Å²) in [5.41, 5.74) is 5.24. The zero-order chi connectivity index (χ0) is 14.6. The average Bonchev–Trinajstić information content (AvgIpc) is 2.29. The first-order chi connectivity index (χ1) is 8.34. The molecule has 1 unspecified atom stereocenters. The van der Waals surface area contributed by atoms with Gasteiger partial charge in [-0.05, 0) is 30.8 Å². The van der Waals surface area contributed by atoms with Crippen molar-refractivity contribution in [3.05, 3.63) is 0 Å². The number of Topliss-reactive ketones (excluding diaryl/α,β-unsaturated/α-hetero) is 1. The summed E-state index contributed by atoms with van der Waals surface area (Å²) < 4.78 is 0. The van der Waals surface area contributed by atoms with Gasteiger partial charge in [0.25, 0.3) is 0 Å². The minimum absolute atomic E-state index is 0.305. The van der Waals surface area contributed by atoms with Crippen LogP contribution >= 0.6 is 11.8 Å². The van der Waals surface area contributed by atoms with Crippen molar-refractivity contribution in [1.82, 2.24) is 0 Å². The van der Waals surface area contributed by atoms with Crippen LogP contribution in [0.15, 0.2) is 0 Å². The zero-order valence-electron chi connectivity index (χ0n) is 11.9. The summed E-state index contributed by atoms with van der Waals surface area (Å²) >= 11 is 1.71. The van der Waals surface area contributed by atoms with E-state index in [0.717, 1.165) is 24.3 Å². The van der Waals surface area contributed by atoms with Crippen LogP contribution in [-0.4, -0.2) is 34.4 Å². The van der Waals surface area contributed by atoms with Gasteiger partial charge in [0.1, 0.15) is 11.8 Å². The van der Waals surface area contributed by atoms with Crippen LogP contribution in [-0.2, 0) is 9.59 Å². The van der Waals surface area contributed by atoms with Crippen LogP contribution in [0.1, 0.15) is 47.0 Å². The van der Waals surface area contributed by atoms with Crippen LogP contribution in [0.5, 0.6) is 0 Å². The number of nitrogens with two attached hydrogens (primary N) is 1. The SMILES string of the molecule is CCC(C)CC(C)=O.CCSCC[C@H](N)C(=O)O. The van der Waals surface area contributed by atoms with Crippen molar-refractivity contribution >= 4 is 23.5 Å². The number of rotatable bonds is 8. The van der Waals surface area contributed by atoms with Gasteiger partial charge in [-0.2, -0.15) is 11.8 Å². The molecule has 0 heterocycles. The monoisotopic (exact) mass is 277 g/mol. The number of thioether (sulfide) groups is 1. The van der Waals surface area contributed by atoms with E-state index in [1.54, 1.807) is 18.7 Å². The minimum atomic E-state index is -0.906. The van der Waals surface area contributed by atoms with E-state index in [1.165, 1.54) is 0 Å². The fourth-order valence-electron chi connectivity index (χ4n) is 1.11. The lowest BCUT2D eigenvalue weighted by Gasteiger charge is -2.03. The highest BCUT2D eigenvalue weighted by atomic mass is 32.2. The molecule has 0 fully saturated rings. The van der Waals surface area contributed by atoms with E-state index in [4.69, 9.17) is 10.8 Å². The number of carbonyl (C=O) groups excluding carboxylic acids is 1. The maximum absolute atomic E-state index is 10.4. The molecule has 0 aromatic heterocycles. The molecule has 5 heteroatoms. The number of carbonyl (C=O) groups is 2. The highest BCUT2D eigenvalue weighted by Crippen LogP contribution is 2.05. The molecule has 0 spiro atoms. The standard InChI is InChI=1S/C7H14O.C6H13NO2S/c1-4-6(2)5-7(3)8;1-2-10-4-3-5(7)6(8)9/h6H,4-5H2,1-3H3;5H,2-4,7H2,1H3,(H,8,9)/t;5-/m.0/s1. The van der Waals surface area contributed by atoms with E-state index in [2.05, 4.69) is 13.8 Å². The summed E-state index contributed by atoms with van der Waals surface area (Å²) in [5, 5.41) is 8.35. The van der Waals surface area contributed by atoms with Gasteiger partial charge in [-0.15, -0.1) is 0 Å². The lowest BCUT2D eigenvalue weighted by atomic mass is 10.0. The summed E-state index contributed by atoms with van der Waals surface area (Å²) in [6.07, 6.45) is 2.42. The molecule has 0 aliphatic heterocycles. The number of carboxylic acid groups (broad SMARTS) is 1. The Morgan fingerprint density at radius 3 is 2.17 bits per heavy atom. The minimum Gasteiger partial charge on any atom is -0.480 e. The third-order valence-electron chi connectivity index (χ3n) is 2.43. The number of hydrogen-bond acceptors (Lipinski definition) is 4. The summed E-state index contributed by atoms with van der Waals surface area (Å²) in [4.78, 5) is 20.6. The van der Waals surface area contributed by atoms with E-state index < -0.39 is 12.0 Å². The Morgan fingerprint density at radius 1 is 1.33 bits per heavy atom. The van der Waals surface area contributed by atoms with Gasteiger partial charge in [-0.1, -0.05) is 27.2 Å². The quantitative estimate of drug-likeness (QED) is 0.666. The third-order valence-corrected chi connectivity index (χ3v) is 3.36. The van der Waals surface area contributed by atoms with Crippen LogP contribution in [0.3, 0.4) is 0 Å². The summed E-state index contributed by atoms with van der Waals surface area (Å²) in [5.74, 6) is 1.83. The fraction of sp³-hybridized carbons (Fsp3) is 0.846. The summed E-state index contributed by atoms with van der Waals surface area (Å²) in [7, 11) is 0. The molecular formula is C13H27NO3S. The first kappa shape index (κ1) is 19.8. The first-order valence-electron chi connectivity index (χ1n) is 6.40. The molecule has 0 saturated heterocycles. The van der Waals surface area contributed by atoms with Gasteiger partial charge in [0, 0.05) is 6.42 Å². The predicted molar refractivity (Wildman–Crippen MR) is 78.0 cm³/mol. The van der Waals surface area contributed by atoms with Crippen LogP contribution in [0.2, 0.25) is 0 Å². The Bertz CT molecular complexity index is 234. The van der Waals surface area contributed by atoms with E-state index in [1.807, 2.05) is 6.92 Å². The Kier molecular flexibility index (Phi) is 14.2. The van der Waals surface area contributed by atoms with Crippen molar-refractivity contribution in [2.45, 2.75) is 53.0 Å². The molecule has 0 saturated carbocycles. The van der Waals surface area contributed by atoms with Gasteiger partial charge >= 0.3 is 5.97 Å².